The van der Waals surface area contributed by atoms with Crippen LogP contribution in [0.1, 0.15) is 36.9 Å². The summed E-state index contributed by atoms with van der Waals surface area (Å²) in [4.78, 5) is 4.61. The van der Waals surface area contributed by atoms with Crippen LogP contribution in [0.2, 0.25) is 0 Å². The zero-order chi connectivity index (χ0) is 18.8. The first kappa shape index (κ1) is 17.9. The number of nitrogens with zero attached hydrogens (tertiary/aromatic N) is 5. The van der Waals surface area contributed by atoms with E-state index in [4.69, 9.17) is 4.42 Å². The van der Waals surface area contributed by atoms with Crippen LogP contribution in [0.15, 0.2) is 56.6 Å². The second-order valence-corrected chi connectivity index (χ2v) is 8.48. The molecule has 4 rings (SSSR count). The number of furan rings is 1. The van der Waals surface area contributed by atoms with E-state index in [1.165, 1.54) is 28.9 Å². The van der Waals surface area contributed by atoms with Crippen LogP contribution in [-0.2, 0) is 6.54 Å². The predicted octanol–water partition coefficient (Wildman–Crippen LogP) is 5.02. The van der Waals surface area contributed by atoms with Crippen molar-refractivity contribution in [1.82, 2.24) is 24.1 Å². The van der Waals surface area contributed by atoms with Crippen molar-refractivity contribution in [3.8, 4) is 11.4 Å². The third kappa shape index (κ3) is 3.96. The number of aryl methyl sites for hydroxylation is 1. The molecule has 0 saturated carbocycles. The van der Waals surface area contributed by atoms with Crippen LogP contribution >= 0.6 is 23.3 Å². The van der Waals surface area contributed by atoms with E-state index in [-0.39, 0.29) is 0 Å². The Morgan fingerprint density at radius 1 is 1.19 bits per heavy atom. The van der Waals surface area contributed by atoms with Gasteiger partial charge in [0.05, 0.1) is 12.8 Å². The average Bonchev–Trinajstić information content (AvgIpc) is 3.38. The minimum Gasteiger partial charge on any atom is -0.467 e. The van der Waals surface area contributed by atoms with Crippen molar-refractivity contribution < 1.29 is 4.42 Å². The molecule has 0 aliphatic carbocycles. The maximum atomic E-state index is 5.55. The normalized spacial score (nSPS) is 11.4. The minimum absolute atomic E-state index is 0.305. The summed E-state index contributed by atoms with van der Waals surface area (Å²) >= 11 is 2.88. The van der Waals surface area contributed by atoms with Crippen molar-refractivity contribution in [1.29, 1.82) is 0 Å². The van der Waals surface area contributed by atoms with Gasteiger partial charge in [0.15, 0.2) is 15.3 Å². The molecule has 6 nitrogen and oxygen atoms in total. The Bertz CT molecular complexity index is 1040. The molecule has 0 saturated heterocycles. The van der Waals surface area contributed by atoms with Gasteiger partial charge in [0, 0.05) is 11.5 Å². The molecule has 0 fully saturated rings. The van der Waals surface area contributed by atoms with Gasteiger partial charge in [-0.3, -0.25) is 4.57 Å². The van der Waals surface area contributed by atoms with E-state index in [2.05, 4.69) is 57.0 Å². The quantitative estimate of drug-likeness (QED) is 0.455. The van der Waals surface area contributed by atoms with E-state index in [0.717, 1.165) is 32.5 Å². The summed E-state index contributed by atoms with van der Waals surface area (Å²) < 4.78 is 12.9. The topological polar surface area (TPSA) is 69.6 Å². The van der Waals surface area contributed by atoms with Gasteiger partial charge in [-0.15, -0.1) is 10.2 Å². The fraction of sp³-hybridized carbons (Fsp3) is 0.263. The molecule has 8 heteroatoms. The van der Waals surface area contributed by atoms with Crippen molar-refractivity contribution in [2.24, 2.45) is 0 Å². The van der Waals surface area contributed by atoms with E-state index in [1.54, 1.807) is 6.26 Å². The Hall–Kier alpha value is -2.45. The molecule has 0 N–H and O–H groups in total. The largest absolute Gasteiger partial charge is 0.467 e. The molecular weight excluding hydrogens is 378 g/mol. The Kier molecular flexibility index (Phi) is 5.09. The molecule has 0 atom stereocenters. The summed E-state index contributed by atoms with van der Waals surface area (Å²) in [5.74, 6) is 2.83. The standard InChI is InChI=1S/C19H19N5OS2/c1-12(2)16-20-19(27-23-16)26-18-22-21-17(14-7-4-6-13(3)10-14)24(18)11-15-8-5-9-25-15/h4-10,12H,11H2,1-3H3. The average molecular weight is 398 g/mol. The molecular formula is C19H19N5OS2. The Balaban J connectivity index is 1.72. The highest BCUT2D eigenvalue weighted by Gasteiger charge is 2.18. The van der Waals surface area contributed by atoms with Crippen molar-refractivity contribution in [3.63, 3.8) is 0 Å². The first-order chi connectivity index (χ1) is 13.1. The molecule has 4 aromatic rings. The van der Waals surface area contributed by atoms with Crippen molar-refractivity contribution in [2.45, 2.75) is 42.7 Å². The van der Waals surface area contributed by atoms with Crippen LogP contribution < -0.4 is 0 Å². The van der Waals surface area contributed by atoms with Crippen LogP contribution in [0, 0.1) is 6.92 Å². The Morgan fingerprint density at radius 3 is 2.78 bits per heavy atom. The van der Waals surface area contributed by atoms with Gasteiger partial charge in [-0.1, -0.05) is 37.6 Å². The van der Waals surface area contributed by atoms with Gasteiger partial charge in [0.2, 0.25) is 0 Å². The molecule has 3 aromatic heterocycles. The fourth-order valence-corrected chi connectivity index (χ4v) is 4.32. The van der Waals surface area contributed by atoms with Crippen LogP contribution in [-0.4, -0.2) is 24.1 Å². The summed E-state index contributed by atoms with van der Waals surface area (Å²) in [6.07, 6.45) is 1.68. The van der Waals surface area contributed by atoms with Crippen molar-refractivity contribution >= 4 is 23.3 Å². The lowest BCUT2D eigenvalue weighted by atomic mass is 10.1. The minimum atomic E-state index is 0.305. The molecule has 27 heavy (non-hydrogen) atoms. The third-order valence-electron chi connectivity index (χ3n) is 4.01. The number of rotatable bonds is 6. The summed E-state index contributed by atoms with van der Waals surface area (Å²) in [6, 6.07) is 12.1. The molecule has 138 valence electrons. The lowest BCUT2D eigenvalue weighted by Gasteiger charge is -2.08. The molecule has 0 aliphatic heterocycles. The highest BCUT2D eigenvalue weighted by molar-refractivity contribution is 8.00. The molecule has 0 bridgehead atoms. The second-order valence-electron chi connectivity index (χ2n) is 6.52. The Morgan fingerprint density at radius 2 is 2.07 bits per heavy atom. The number of aromatic nitrogens is 5. The van der Waals surface area contributed by atoms with E-state index in [0.29, 0.717) is 12.5 Å². The summed E-state index contributed by atoms with van der Waals surface area (Å²) in [6.45, 7) is 6.81. The SMILES string of the molecule is Cc1cccc(-c2nnc(Sc3nc(C(C)C)ns3)n2Cc2ccco2)c1. The van der Waals surface area contributed by atoms with Gasteiger partial charge in [-0.25, -0.2) is 4.98 Å². The van der Waals surface area contributed by atoms with E-state index in [1.807, 2.05) is 24.3 Å². The van der Waals surface area contributed by atoms with Crippen LogP contribution in [0.4, 0.5) is 0 Å². The highest BCUT2D eigenvalue weighted by Crippen LogP contribution is 2.32. The second kappa shape index (κ2) is 7.66. The van der Waals surface area contributed by atoms with Gasteiger partial charge in [0.1, 0.15) is 11.6 Å². The fourth-order valence-electron chi connectivity index (χ4n) is 2.64. The molecule has 0 aliphatic rings. The number of hydrogen-bond donors (Lipinski definition) is 0. The molecule has 0 spiro atoms. The maximum Gasteiger partial charge on any atom is 0.199 e. The first-order valence-corrected chi connectivity index (χ1v) is 10.2. The van der Waals surface area contributed by atoms with Gasteiger partial charge >= 0.3 is 0 Å². The van der Waals surface area contributed by atoms with Gasteiger partial charge in [-0.05, 0) is 48.4 Å². The molecule has 0 unspecified atom stereocenters. The first-order valence-electron chi connectivity index (χ1n) is 8.64. The van der Waals surface area contributed by atoms with E-state index < -0.39 is 0 Å². The lowest BCUT2D eigenvalue weighted by Crippen LogP contribution is -2.03. The molecule has 3 heterocycles. The Labute approximate surface area is 165 Å². The highest BCUT2D eigenvalue weighted by atomic mass is 32.2. The predicted molar refractivity (Wildman–Crippen MR) is 106 cm³/mol. The lowest BCUT2D eigenvalue weighted by molar-refractivity contribution is 0.485. The van der Waals surface area contributed by atoms with E-state index in [9.17, 15) is 0 Å². The number of hydrogen-bond acceptors (Lipinski definition) is 7. The van der Waals surface area contributed by atoms with Crippen LogP contribution in [0.25, 0.3) is 11.4 Å². The molecule has 1 aromatic carbocycles. The van der Waals surface area contributed by atoms with Gasteiger partial charge < -0.3 is 4.42 Å². The summed E-state index contributed by atoms with van der Waals surface area (Å²) in [5, 5.41) is 9.65. The maximum absolute atomic E-state index is 5.55. The van der Waals surface area contributed by atoms with Gasteiger partial charge in [-0.2, -0.15) is 4.37 Å². The molecule has 0 amide bonds. The zero-order valence-electron chi connectivity index (χ0n) is 15.3. The van der Waals surface area contributed by atoms with Crippen LogP contribution in [0.3, 0.4) is 0 Å². The third-order valence-corrected chi connectivity index (χ3v) is 5.76. The van der Waals surface area contributed by atoms with Crippen LogP contribution in [0.5, 0.6) is 0 Å². The van der Waals surface area contributed by atoms with Crippen molar-refractivity contribution in [2.75, 3.05) is 0 Å². The van der Waals surface area contributed by atoms with Crippen molar-refractivity contribution in [3.05, 3.63) is 59.8 Å². The summed E-state index contributed by atoms with van der Waals surface area (Å²) in [5.41, 5.74) is 2.21. The van der Waals surface area contributed by atoms with E-state index >= 15 is 0 Å². The molecule has 0 radical (unpaired) electrons. The number of benzene rings is 1. The smallest absolute Gasteiger partial charge is 0.199 e. The zero-order valence-corrected chi connectivity index (χ0v) is 16.9. The monoisotopic (exact) mass is 397 g/mol. The van der Waals surface area contributed by atoms with Gasteiger partial charge in [0.25, 0.3) is 0 Å². The summed E-state index contributed by atoms with van der Waals surface area (Å²) in [7, 11) is 0.